The zero-order valence-corrected chi connectivity index (χ0v) is 17.9. The molecule has 0 bridgehead atoms. The summed E-state index contributed by atoms with van der Waals surface area (Å²) in [6, 6.07) is 15.2. The number of fused-ring (bicyclic) bond motifs is 3. The van der Waals surface area contributed by atoms with Crippen molar-refractivity contribution in [1.82, 2.24) is 29.7 Å². The highest BCUT2D eigenvalue weighted by molar-refractivity contribution is 6.11. The summed E-state index contributed by atoms with van der Waals surface area (Å²) >= 11 is 0. The van der Waals surface area contributed by atoms with Crippen LogP contribution in [-0.2, 0) is 0 Å². The van der Waals surface area contributed by atoms with E-state index in [-0.39, 0.29) is 5.91 Å². The second-order valence-corrected chi connectivity index (χ2v) is 7.71. The van der Waals surface area contributed by atoms with Gasteiger partial charge in [-0.15, -0.1) is 0 Å². The molecule has 0 fully saturated rings. The number of hydrogen-bond donors (Lipinski definition) is 3. The van der Waals surface area contributed by atoms with E-state index in [2.05, 4.69) is 30.4 Å². The van der Waals surface area contributed by atoms with E-state index in [1.54, 1.807) is 24.1 Å². The van der Waals surface area contributed by atoms with Gasteiger partial charge in [0.15, 0.2) is 5.65 Å². The molecule has 9 heteroatoms. The minimum Gasteiger partial charge on any atom is -0.495 e. The number of nitrogens with one attached hydrogen (secondary N) is 3. The number of pyridine rings is 1. The Morgan fingerprint density at radius 1 is 1.09 bits per heavy atom. The molecule has 9 nitrogen and oxygen atoms in total. The Balaban J connectivity index is 1.39. The molecule has 0 aliphatic heterocycles. The first kappa shape index (κ1) is 19.1. The van der Waals surface area contributed by atoms with Crippen molar-refractivity contribution >= 4 is 44.6 Å². The largest absolute Gasteiger partial charge is 0.495 e. The van der Waals surface area contributed by atoms with E-state index >= 15 is 0 Å². The average Bonchev–Trinajstić information content (AvgIpc) is 3.56. The molecule has 0 aliphatic rings. The minimum absolute atomic E-state index is 0.285. The summed E-state index contributed by atoms with van der Waals surface area (Å²) in [6.07, 6.45) is 3.37. The zero-order chi connectivity index (χ0) is 22.5. The first-order valence-corrected chi connectivity index (χ1v) is 10.4. The maximum absolute atomic E-state index is 13.1. The van der Waals surface area contributed by atoms with Crippen LogP contribution in [0.2, 0.25) is 0 Å². The molecule has 162 valence electrons. The molecule has 0 unspecified atom stereocenters. The van der Waals surface area contributed by atoms with E-state index in [9.17, 15) is 4.79 Å². The second kappa shape index (κ2) is 7.20. The van der Waals surface area contributed by atoms with Crippen LogP contribution < -0.4 is 10.1 Å². The van der Waals surface area contributed by atoms with Gasteiger partial charge >= 0.3 is 0 Å². The number of H-pyrrole nitrogens is 2. The van der Waals surface area contributed by atoms with Crippen LogP contribution in [0.1, 0.15) is 16.1 Å². The quantitative estimate of drug-likeness (QED) is 0.379. The Labute approximate surface area is 187 Å². The summed E-state index contributed by atoms with van der Waals surface area (Å²) < 4.78 is 7.12. The predicted molar refractivity (Wildman–Crippen MR) is 126 cm³/mol. The number of aryl methyl sites for hydroxylation is 1. The Morgan fingerprint density at radius 2 is 1.97 bits per heavy atom. The molecular formula is C24H19N7O2. The van der Waals surface area contributed by atoms with Gasteiger partial charge in [0.05, 0.1) is 35.1 Å². The van der Waals surface area contributed by atoms with Crippen LogP contribution in [0, 0.1) is 6.92 Å². The van der Waals surface area contributed by atoms with Crippen LogP contribution in [0.15, 0.2) is 60.9 Å². The van der Waals surface area contributed by atoms with Gasteiger partial charge in [-0.3, -0.25) is 4.79 Å². The molecule has 4 aromatic heterocycles. The molecule has 0 atom stereocenters. The van der Waals surface area contributed by atoms with Crippen molar-refractivity contribution in [2.24, 2.45) is 0 Å². The number of aromatic amines is 2. The number of carbonyl (C=O) groups is 1. The van der Waals surface area contributed by atoms with Gasteiger partial charge in [-0.2, -0.15) is 9.78 Å². The molecule has 0 spiro atoms. The molecule has 6 rings (SSSR count). The summed E-state index contributed by atoms with van der Waals surface area (Å²) in [4.78, 5) is 28.7. The van der Waals surface area contributed by atoms with Gasteiger partial charge in [0.2, 0.25) is 5.95 Å². The molecule has 2 aromatic carbocycles. The molecule has 0 radical (unpaired) electrons. The number of amides is 1. The van der Waals surface area contributed by atoms with Crippen LogP contribution in [0.3, 0.4) is 0 Å². The smallest absolute Gasteiger partial charge is 0.257 e. The van der Waals surface area contributed by atoms with Gasteiger partial charge in [-0.05, 0) is 43.3 Å². The lowest BCUT2D eigenvalue weighted by atomic mass is 10.1. The monoisotopic (exact) mass is 437 g/mol. The first-order chi connectivity index (χ1) is 16.1. The average molecular weight is 437 g/mol. The molecule has 0 saturated heterocycles. The summed E-state index contributed by atoms with van der Waals surface area (Å²) in [5.74, 6) is 0.869. The highest BCUT2D eigenvalue weighted by atomic mass is 16.5. The van der Waals surface area contributed by atoms with E-state index < -0.39 is 0 Å². The maximum Gasteiger partial charge on any atom is 0.257 e. The highest BCUT2D eigenvalue weighted by Gasteiger charge is 2.18. The van der Waals surface area contributed by atoms with Gasteiger partial charge in [0.25, 0.3) is 5.91 Å². The van der Waals surface area contributed by atoms with Gasteiger partial charge in [-0.1, -0.05) is 12.1 Å². The number of methoxy groups -OCH3 is 1. The van der Waals surface area contributed by atoms with Gasteiger partial charge in [0.1, 0.15) is 5.75 Å². The molecule has 4 heterocycles. The van der Waals surface area contributed by atoms with Crippen LogP contribution in [0.25, 0.3) is 38.9 Å². The number of benzene rings is 2. The lowest BCUT2D eigenvalue weighted by Crippen LogP contribution is -2.13. The van der Waals surface area contributed by atoms with Crippen LogP contribution in [-0.4, -0.2) is 42.7 Å². The third-order valence-corrected chi connectivity index (χ3v) is 5.70. The summed E-state index contributed by atoms with van der Waals surface area (Å²) in [5.41, 5.74) is 5.06. The van der Waals surface area contributed by atoms with E-state index in [4.69, 9.17) is 4.74 Å². The van der Waals surface area contributed by atoms with E-state index in [0.717, 1.165) is 33.0 Å². The standard InChI is InChI=1S/C24H19N7O2/c1-13-16-11-14(23(32)29-21-15-9-10-25-17(15)7-8-20(21)33-2)12-26-22(16)31(30-13)24-27-18-5-3-4-6-19(18)28-24/h3-12,25H,1-2H3,(H,27,28)(H,29,32). The van der Waals surface area contributed by atoms with Crippen molar-refractivity contribution in [3.8, 4) is 11.7 Å². The Kier molecular flexibility index (Phi) is 4.16. The zero-order valence-electron chi connectivity index (χ0n) is 17.9. The molecular weight excluding hydrogens is 418 g/mol. The number of aromatic nitrogens is 6. The number of rotatable bonds is 4. The highest BCUT2D eigenvalue weighted by Crippen LogP contribution is 2.33. The lowest BCUT2D eigenvalue weighted by Gasteiger charge is -2.11. The Morgan fingerprint density at radius 3 is 2.82 bits per heavy atom. The number of nitrogens with zero attached hydrogens (tertiary/aromatic N) is 4. The van der Waals surface area contributed by atoms with Gasteiger partial charge in [-0.25, -0.2) is 9.97 Å². The maximum atomic E-state index is 13.1. The third kappa shape index (κ3) is 3.01. The SMILES string of the molecule is COc1ccc2[nH]ccc2c1NC(=O)c1cnc2c(c1)c(C)nn2-c1nc2ccccc2[nH]1. The minimum atomic E-state index is -0.285. The Hall–Kier alpha value is -4.66. The van der Waals surface area contributed by atoms with Crippen molar-refractivity contribution < 1.29 is 9.53 Å². The fraction of sp³-hybridized carbons (Fsp3) is 0.0833. The second-order valence-electron chi connectivity index (χ2n) is 7.71. The molecule has 33 heavy (non-hydrogen) atoms. The van der Waals surface area contributed by atoms with Crippen LogP contribution in [0.4, 0.5) is 5.69 Å². The van der Waals surface area contributed by atoms with Crippen molar-refractivity contribution in [2.75, 3.05) is 12.4 Å². The predicted octanol–water partition coefficient (Wildman–Crippen LogP) is 4.35. The van der Waals surface area contributed by atoms with Crippen molar-refractivity contribution in [1.29, 1.82) is 0 Å². The number of imidazole rings is 1. The van der Waals surface area contributed by atoms with E-state index in [1.807, 2.05) is 55.6 Å². The summed E-state index contributed by atoms with van der Waals surface area (Å²) in [6.45, 7) is 1.88. The molecule has 3 N–H and O–H groups in total. The first-order valence-electron chi connectivity index (χ1n) is 10.4. The third-order valence-electron chi connectivity index (χ3n) is 5.70. The molecule has 6 aromatic rings. The lowest BCUT2D eigenvalue weighted by molar-refractivity contribution is 0.102. The number of ether oxygens (including phenoxy) is 1. The molecule has 0 aliphatic carbocycles. The number of hydrogen-bond acceptors (Lipinski definition) is 5. The van der Waals surface area contributed by atoms with Crippen LogP contribution in [0.5, 0.6) is 5.75 Å². The van der Waals surface area contributed by atoms with Gasteiger partial charge < -0.3 is 20.0 Å². The van der Waals surface area contributed by atoms with E-state index in [1.165, 1.54) is 0 Å². The number of carbonyl (C=O) groups excluding carboxylic acids is 1. The Bertz CT molecular complexity index is 1640. The van der Waals surface area contributed by atoms with Crippen LogP contribution >= 0.6 is 0 Å². The summed E-state index contributed by atoms with van der Waals surface area (Å²) in [7, 11) is 1.58. The number of anilines is 1. The fourth-order valence-corrected chi connectivity index (χ4v) is 4.05. The van der Waals surface area contributed by atoms with E-state index in [0.29, 0.717) is 28.6 Å². The van der Waals surface area contributed by atoms with Crippen molar-refractivity contribution in [2.45, 2.75) is 6.92 Å². The number of para-hydroxylation sites is 2. The fourth-order valence-electron chi connectivity index (χ4n) is 4.05. The molecule has 0 saturated carbocycles. The van der Waals surface area contributed by atoms with Crippen molar-refractivity contribution in [3.63, 3.8) is 0 Å². The summed E-state index contributed by atoms with van der Waals surface area (Å²) in [5, 5.41) is 9.22. The van der Waals surface area contributed by atoms with Crippen molar-refractivity contribution in [3.05, 3.63) is 72.2 Å². The molecule has 1 amide bonds. The normalized spacial score (nSPS) is 11.5. The van der Waals surface area contributed by atoms with Gasteiger partial charge in [0, 0.05) is 28.7 Å². The topological polar surface area (TPSA) is 114 Å².